The van der Waals surface area contributed by atoms with Crippen LogP contribution in [0.5, 0.6) is 0 Å². The Labute approximate surface area is 96.9 Å². The second-order valence-electron chi connectivity index (χ2n) is 3.11. The van der Waals surface area contributed by atoms with Gasteiger partial charge in [0.2, 0.25) is 0 Å². The van der Waals surface area contributed by atoms with Crippen LogP contribution < -0.4 is 10.6 Å². The molecule has 90 valence electrons. The molecule has 0 aromatic heterocycles. The van der Waals surface area contributed by atoms with Gasteiger partial charge >= 0.3 is 12.0 Å². The van der Waals surface area contributed by atoms with E-state index in [1.54, 1.807) is 18.2 Å². The molecule has 1 aromatic rings. The van der Waals surface area contributed by atoms with Crippen LogP contribution in [-0.4, -0.2) is 23.7 Å². The van der Waals surface area contributed by atoms with E-state index >= 15 is 0 Å². The normalized spacial score (nSPS) is 10.2. The molecule has 1 rings (SSSR count). The van der Waals surface area contributed by atoms with Gasteiger partial charge in [0.1, 0.15) is 12.4 Å². The number of carboxylic acids is 1. The molecule has 0 aliphatic carbocycles. The van der Waals surface area contributed by atoms with Gasteiger partial charge in [-0.3, -0.25) is 4.79 Å². The van der Waals surface area contributed by atoms with Crippen molar-refractivity contribution in [3.63, 3.8) is 0 Å². The van der Waals surface area contributed by atoms with E-state index < -0.39 is 18.5 Å². The molecule has 5 nitrogen and oxygen atoms in total. The lowest BCUT2D eigenvalue weighted by Gasteiger charge is -2.00. The first kappa shape index (κ1) is 12.7. The lowest BCUT2D eigenvalue weighted by atomic mass is 10.2. The van der Waals surface area contributed by atoms with Crippen molar-refractivity contribution in [2.45, 2.75) is 0 Å². The number of halogens is 1. The predicted octanol–water partition coefficient (Wildman–Crippen LogP) is 1.18. The van der Waals surface area contributed by atoms with Gasteiger partial charge in [0.15, 0.2) is 0 Å². The van der Waals surface area contributed by atoms with Crippen LogP contribution in [0.15, 0.2) is 30.5 Å². The number of carboxylic acid groups (broad SMARTS) is 1. The summed E-state index contributed by atoms with van der Waals surface area (Å²) in [5.41, 5.74) is 0.713. The van der Waals surface area contributed by atoms with Crippen molar-refractivity contribution in [1.29, 1.82) is 0 Å². The Morgan fingerprint density at radius 2 is 1.94 bits per heavy atom. The minimum atomic E-state index is -1.12. The molecular weight excluding hydrogens is 227 g/mol. The van der Waals surface area contributed by atoms with E-state index in [4.69, 9.17) is 5.11 Å². The molecule has 0 aliphatic heterocycles. The standard InChI is InChI=1S/C11H11FN2O3/c12-9-3-1-8(2-4-9)5-6-13-11(17)14-7-10(15)16/h1-6H,7H2,(H,15,16)(H2,13,14,17)/b6-5+. The third kappa shape index (κ3) is 5.31. The van der Waals surface area contributed by atoms with Gasteiger partial charge in [-0.2, -0.15) is 0 Å². The first-order chi connectivity index (χ1) is 8.08. The summed E-state index contributed by atoms with van der Waals surface area (Å²) in [7, 11) is 0. The van der Waals surface area contributed by atoms with E-state index in [-0.39, 0.29) is 5.82 Å². The molecule has 2 amide bonds. The Bertz CT molecular complexity index is 429. The van der Waals surface area contributed by atoms with Crippen LogP contribution in [0.4, 0.5) is 9.18 Å². The third-order valence-corrected chi connectivity index (χ3v) is 1.76. The average molecular weight is 238 g/mol. The van der Waals surface area contributed by atoms with Gasteiger partial charge in [-0.15, -0.1) is 0 Å². The quantitative estimate of drug-likeness (QED) is 0.737. The largest absolute Gasteiger partial charge is 0.480 e. The zero-order valence-corrected chi connectivity index (χ0v) is 8.81. The lowest BCUT2D eigenvalue weighted by molar-refractivity contribution is -0.135. The van der Waals surface area contributed by atoms with E-state index in [0.717, 1.165) is 0 Å². The lowest BCUT2D eigenvalue weighted by Crippen LogP contribution is -2.35. The number of hydrogen-bond donors (Lipinski definition) is 3. The summed E-state index contributed by atoms with van der Waals surface area (Å²) in [6.45, 7) is -0.448. The van der Waals surface area contributed by atoms with Crippen LogP contribution >= 0.6 is 0 Å². The summed E-state index contributed by atoms with van der Waals surface area (Å²) in [6.07, 6.45) is 2.89. The molecule has 0 saturated carbocycles. The average Bonchev–Trinajstić information content (AvgIpc) is 2.29. The number of amides is 2. The first-order valence-electron chi connectivity index (χ1n) is 4.76. The van der Waals surface area contributed by atoms with Crippen molar-refractivity contribution in [1.82, 2.24) is 10.6 Å². The smallest absolute Gasteiger partial charge is 0.323 e. The molecule has 0 heterocycles. The second kappa shape index (κ2) is 6.26. The molecule has 3 N–H and O–H groups in total. The maximum Gasteiger partial charge on any atom is 0.323 e. The fourth-order valence-corrected chi connectivity index (χ4v) is 0.994. The molecule has 1 aromatic carbocycles. The Kier molecular flexibility index (Phi) is 4.68. The van der Waals surface area contributed by atoms with Gasteiger partial charge in [0.25, 0.3) is 0 Å². The second-order valence-corrected chi connectivity index (χ2v) is 3.11. The molecule has 0 radical (unpaired) electrons. The fourth-order valence-electron chi connectivity index (χ4n) is 0.994. The van der Waals surface area contributed by atoms with Gasteiger partial charge in [-0.1, -0.05) is 12.1 Å². The number of hydrogen-bond acceptors (Lipinski definition) is 2. The van der Waals surface area contributed by atoms with E-state index in [2.05, 4.69) is 10.6 Å². The number of carbonyl (C=O) groups is 2. The van der Waals surface area contributed by atoms with Crippen molar-refractivity contribution in [3.8, 4) is 0 Å². The molecule has 0 fully saturated rings. The SMILES string of the molecule is O=C(O)CNC(=O)N/C=C/c1ccc(F)cc1. The number of rotatable bonds is 4. The predicted molar refractivity (Wildman–Crippen MR) is 59.6 cm³/mol. The van der Waals surface area contributed by atoms with Crippen molar-refractivity contribution >= 4 is 18.1 Å². The topological polar surface area (TPSA) is 78.4 Å². The van der Waals surface area contributed by atoms with Crippen molar-refractivity contribution in [2.75, 3.05) is 6.54 Å². The fraction of sp³-hybridized carbons (Fsp3) is 0.0909. The number of nitrogens with one attached hydrogen (secondary N) is 2. The van der Waals surface area contributed by atoms with Crippen LogP contribution in [0.2, 0.25) is 0 Å². The highest BCUT2D eigenvalue weighted by atomic mass is 19.1. The summed E-state index contributed by atoms with van der Waals surface area (Å²) in [4.78, 5) is 21.1. The molecule has 0 atom stereocenters. The van der Waals surface area contributed by atoms with Crippen LogP contribution in [0.3, 0.4) is 0 Å². The maximum atomic E-state index is 12.6. The number of benzene rings is 1. The highest BCUT2D eigenvalue weighted by molar-refractivity contribution is 5.80. The van der Waals surface area contributed by atoms with Gasteiger partial charge < -0.3 is 15.7 Å². The van der Waals surface area contributed by atoms with Crippen LogP contribution in [0.25, 0.3) is 6.08 Å². The summed E-state index contributed by atoms with van der Waals surface area (Å²) < 4.78 is 12.6. The minimum Gasteiger partial charge on any atom is -0.480 e. The van der Waals surface area contributed by atoms with Gasteiger partial charge in [-0.05, 0) is 23.8 Å². The first-order valence-corrected chi connectivity index (χ1v) is 4.76. The molecule has 0 saturated heterocycles. The minimum absolute atomic E-state index is 0.339. The zero-order valence-electron chi connectivity index (χ0n) is 8.81. The van der Waals surface area contributed by atoms with Crippen molar-refractivity contribution < 1.29 is 19.1 Å². The third-order valence-electron chi connectivity index (χ3n) is 1.76. The molecule has 0 spiro atoms. The summed E-state index contributed by atoms with van der Waals surface area (Å²) in [5, 5.41) is 12.7. The van der Waals surface area contributed by atoms with Gasteiger partial charge in [0.05, 0.1) is 0 Å². The Hall–Kier alpha value is -2.37. The monoisotopic (exact) mass is 238 g/mol. The Morgan fingerprint density at radius 3 is 2.53 bits per heavy atom. The van der Waals surface area contributed by atoms with Gasteiger partial charge in [0, 0.05) is 6.20 Å². The van der Waals surface area contributed by atoms with Crippen LogP contribution in [0.1, 0.15) is 5.56 Å². The van der Waals surface area contributed by atoms with E-state index in [1.165, 1.54) is 18.3 Å². The summed E-state index contributed by atoms with van der Waals surface area (Å²) >= 11 is 0. The zero-order chi connectivity index (χ0) is 12.7. The molecule has 0 aliphatic rings. The van der Waals surface area contributed by atoms with Crippen LogP contribution in [0, 0.1) is 5.82 Å². The summed E-state index contributed by atoms with van der Waals surface area (Å²) in [6, 6.07) is 5.06. The maximum absolute atomic E-state index is 12.6. The molecular formula is C11H11FN2O3. The molecule has 0 bridgehead atoms. The van der Waals surface area contributed by atoms with E-state index in [0.29, 0.717) is 5.56 Å². The highest BCUT2D eigenvalue weighted by Crippen LogP contribution is 2.03. The molecule has 0 unspecified atom stereocenters. The number of aliphatic carboxylic acids is 1. The highest BCUT2D eigenvalue weighted by Gasteiger charge is 1.99. The number of urea groups is 1. The van der Waals surface area contributed by atoms with E-state index in [1.807, 2.05) is 0 Å². The van der Waals surface area contributed by atoms with E-state index in [9.17, 15) is 14.0 Å². The Balaban J connectivity index is 2.37. The Morgan fingerprint density at radius 1 is 1.29 bits per heavy atom. The van der Waals surface area contributed by atoms with Crippen molar-refractivity contribution in [2.24, 2.45) is 0 Å². The molecule has 17 heavy (non-hydrogen) atoms. The molecule has 6 heteroatoms. The van der Waals surface area contributed by atoms with Crippen LogP contribution in [-0.2, 0) is 4.79 Å². The summed E-state index contributed by atoms with van der Waals surface area (Å²) in [5.74, 6) is -1.46. The number of carbonyl (C=O) groups excluding carboxylic acids is 1. The van der Waals surface area contributed by atoms with Gasteiger partial charge in [-0.25, -0.2) is 9.18 Å². The van der Waals surface area contributed by atoms with Crippen molar-refractivity contribution in [3.05, 3.63) is 41.8 Å².